The van der Waals surface area contributed by atoms with Crippen molar-refractivity contribution in [3.8, 4) is 5.75 Å². The Hall–Kier alpha value is -1.32. The van der Waals surface area contributed by atoms with Gasteiger partial charge in [0, 0.05) is 6.54 Å². The summed E-state index contributed by atoms with van der Waals surface area (Å²) in [6, 6.07) is 0. The minimum Gasteiger partial charge on any atom is -0.494 e. The van der Waals surface area contributed by atoms with Gasteiger partial charge in [-0.15, -0.1) is 0 Å². The van der Waals surface area contributed by atoms with Crippen molar-refractivity contribution < 1.29 is 4.74 Å². The molecule has 0 amide bonds. The molecule has 4 nitrogen and oxygen atoms in total. The van der Waals surface area contributed by atoms with Crippen LogP contribution in [0.3, 0.4) is 0 Å². The summed E-state index contributed by atoms with van der Waals surface area (Å²) in [7, 11) is 1.61. The third-order valence-corrected chi connectivity index (χ3v) is 3.07. The van der Waals surface area contributed by atoms with Gasteiger partial charge in [0.25, 0.3) is 0 Å². The van der Waals surface area contributed by atoms with Gasteiger partial charge in [0.05, 0.1) is 19.5 Å². The smallest absolute Gasteiger partial charge is 0.222 e. The monoisotopic (exact) mass is 237 g/mol. The van der Waals surface area contributed by atoms with Gasteiger partial charge < -0.3 is 10.1 Å². The van der Waals surface area contributed by atoms with Crippen molar-refractivity contribution in [2.24, 2.45) is 17.8 Å². The zero-order valence-corrected chi connectivity index (χ0v) is 11.4. The van der Waals surface area contributed by atoms with Crippen molar-refractivity contribution in [3.05, 3.63) is 12.4 Å². The lowest BCUT2D eigenvalue weighted by Gasteiger charge is -2.24. The summed E-state index contributed by atoms with van der Waals surface area (Å²) in [6.45, 7) is 9.91. The summed E-state index contributed by atoms with van der Waals surface area (Å²) >= 11 is 0. The van der Waals surface area contributed by atoms with Crippen LogP contribution in [0.25, 0.3) is 0 Å². The van der Waals surface area contributed by atoms with Crippen molar-refractivity contribution in [2.45, 2.75) is 27.7 Å². The molecular weight excluding hydrogens is 214 g/mol. The fourth-order valence-corrected chi connectivity index (χ4v) is 1.96. The van der Waals surface area contributed by atoms with Crippen LogP contribution in [0.1, 0.15) is 27.7 Å². The normalized spacial score (nSPS) is 11.3. The van der Waals surface area contributed by atoms with Crippen molar-refractivity contribution in [1.29, 1.82) is 0 Å². The first-order chi connectivity index (χ1) is 8.04. The minimum atomic E-state index is 0.626. The third kappa shape index (κ3) is 4.21. The van der Waals surface area contributed by atoms with Crippen molar-refractivity contribution in [3.63, 3.8) is 0 Å². The Kier molecular flexibility index (Phi) is 5.19. The van der Waals surface area contributed by atoms with Gasteiger partial charge in [-0.05, 0) is 17.8 Å². The van der Waals surface area contributed by atoms with E-state index >= 15 is 0 Å². The van der Waals surface area contributed by atoms with Gasteiger partial charge in [-0.3, -0.25) is 0 Å². The van der Waals surface area contributed by atoms with Crippen LogP contribution in [0.15, 0.2) is 12.4 Å². The fourth-order valence-electron chi connectivity index (χ4n) is 1.96. The van der Waals surface area contributed by atoms with E-state index in [0.717, 1.165) is 6.54 Å². The van der Waals surface area contributed by atoms with E-state index in [1.165, 1.54) is 0 Å². The Morgan fingerprint density at radius 1 is 1.12 bits per heavy atom. The number of anilines is 1. The number of nitrogens with zero attached hydrogens (tertiary/aromatic N) is 2. The van der Waals surface area contributed by atoms with Gasteiger partial charge in [0.2, 0.25) is 5.95 Å². The highest BCUT2D eigenvalue weighted by Gasteiger charge is 2.17. The zero-order chi connectivity index (χ0) is 12.8. The number of rotatable bonds is 6. The molecule has 0 aliphatic heterocycles. The molecule has 4 heteroatoms. The van der Waals surface area contributed by atoms with E-state index < -0.39 is 0 Å². The molecule has 0 saturated heterocycles. The molecule has 0 aliphatic rings. The van der Waals surface area contributed by atoms with Crippen molar-refractivity contribution >= 4 is 5.95 Å². The van der Waals surface area contributed by atoms with E-state index in [0.29, 0.717) is 29.5 Å². The topological polar surface area (TPSA) is 47.0 Å². The Balaban J connectivity index is 2.53. The molecule has 0 atom stereocenters. The summed E-state index contributed by atoms with van der Waals surface area (Å²) in [6.07, 6.45) is 3.35. The highest BCUT2D eigenvalue weighted by atomic mass is 16.5. The lowest BCUT2D eigenvalue weighted by atomic mass is 9.85. The molecule has 1 aromatic heterocycles. The van der Waals surface area contributed by atoms with E-state index in [9.17, 15) is 0 Å². The predicted molar refractivity (Wildman–Crippen MR) is 70.2 cm³/mol. The largest absolute Gasteiger partial charge is 0.494 e. The fraction of sp³-hybridized carbons (Fsp3) is 0.692. The number of hydrogen-bond acceptors (Lipinski definition) is 4. The Morgan fingerprint density at radius 3 is 2.06 bits per heavy atom. The van der Waals surface area contributed by atoms with Gasteiger partial charge in [0.1, 0.15) is 0 Å². The molecule has 0 radical (unpaired) electrons. The van der Waals surface area contributed by atoms with E-state index in [2.05, 4.69) is 43.0 Å². The van der Waals surface area contributed by atoms with Crippen molar-refractivity contribution in [2.75, 3.05) is 19.0 Å². The molecule has 0 fully saturated rings. The van der Waals surface area contributed by atoms with Crippen LogP contribution in [0.2, 0.25) is 0 Å². The third-order valence-electron chi connectivity index (χ3n) is 3.07. The second kappa shape index (κ2) is 6.42. The minimum absolute atomic E-state index is 0.626. The van der Waals surface area contributed by atoms with Crippen LogP contribution >= 0.6 is 0 Å². The average Bonchev–Trinajstić information content (AvgIpc) is 2.29. The van der Waals surface area contributed by atoms with Gasteiger partial charge in [-0.2, -0.15) is 0 Å². The van der Waals surface area contributed by atoms with E-state index in [4.69, 9.17) is 4.74 Å². The lowest BCUT2D eigenvalue weighted by Crippen LogP contribution is -2.25. The number of hydrogen-bond donors (Lipinski definition) is 1. The zero-order valence-electron chi connectivity index (χ0n) is 11.4. The summed E-state index contributed by atoms with van der Waals surface area (Å²) in [5, 5.41) is 3.28. The quantitative estimate of drug-likeness (QED) is 0.826. The molecule has 0 bridgehead atoms. The van der Waals surface area contributed by atoms with Crippen molar-refractivity contribution in [1.82, 2.24) is 9.97 Å². The maximum Gasteiger partial charge on any atom is 0.222 e. The molecule has 0 spiro atoms. The molecule has 1 rings (SSSR count). The second-order valence-corrected chi connectivity index (χ2v) is 4.98. The molecule has 0 aliphatic carbocycles. The number of aromatic nitrogens is 2. The summed E-state index contributed by atoms with van der Waals surface area (Å²) in [4.78, 5) is 8.39. The second-order valence-electron chi connectivity index (χ2n) is 4.98. The van der Waals surface area contributed by atoms with E-state index in [1.807, 2.05) is 0 Å². The number of methoxy groups -OCH3 is 1. The average molecular weight is 237 g/mol. The lowest BCUT2D eigenvalue weighted by molar-refractivity contribution is 0.304. The van der Waals surface area contributed by atoms with Crippen LogP contribution in [0.5, 0.6) is 5.75 Å². The molecule has 0 saturated carbocycles. The summed E-state index contributed by atoms with van der Waals surface area (Å²) in [5.41, 5.74) is 0. The van der Waals surface area contributed by atoms with E-state index in [1.54, 1.807) is 19.5 Å². The van der Waals surface area contributed by atoms with Gasteiger partial charge in [-0.1, -0.05) is 27.7 Å². The molecule has 1 aromatic rings. The first kappa shape index (κ1) is 13.7. The molecular formula is C13H23N3O. The summed E-state index contributed by atoms with van der Waals surface area (Å²) < 4.78 is 5.02. The standard InChI is InChI=1S/C13H23N3O/c1-9(2)12(10(3)4)8-16-13-14-6-11(17-5)7-15-13/h6-7,9-10,12H,8H2,1-5H3,(H,14,15,16). The maximum atomic E-state index is 5.02. The van der Waals surface area contributed by atoms with Crippen LogP contribution in [0, 0.1) is 17.8 Å². The highest BCUT2D eigenvalue weighted by Crippen LogP contribution is 2.20. The number of ether oxygens (including phenoxy) is 1. The molecule has 96 valence electrons. The van der Waals surface area contributed by atoms with Gasteiger partial charge >= 0.3 is 0 Å². The molecule has 17 heavy (non-hydrogen) atoms. The van der Waals surface area contributed by atoms with Crippen LogP contribution in [-0.4, -0.2) is 23.6 Å². The van der Waals surface area contributed by atoms with Crippen LogP contribution < -0.4 is 10.1 Å². The first-order valence-corrected chi connectivity index (χ1v) is 6.14. The van der Waals surface area contributed by atoms with Crippen LogP contribution in [-0.2, 0) is 0 Å². The highest BCUT2D eigenvalue weighted by molar-refractivity contribution is 5.26. The van der Waals surface area contributed by atoms with Gasteiger partial charge in [0.15, 0.2) is 5.75 Å². The van der Waals surface area contributed by atoms with Crippen LogP contribution in [0.4, 0.5) is 5.95 Å². The summed E-state index contributed by atoms with van der Waals surface area (Å²) in [5.74, 6) is 3.28. The molecule has 1 N–H and O–H groups in total. The first-order valence-electron chi connectivity index (χ1n) is 6.14. The Labute approximate surface area is 104 Å². The molecule has 0 unspecified atom stereocenters. The maximum absolute atomic E-state index is 5.02. The SMILES string of the molecule is COc1cnc(NCC(C(C)C)C(C)C)nc1. The molecule has 0 aromatic carbocycles. The molecule has 1 heterocycles. The Morgan fingerprint density at radius 2 is 1.65 bits per heavy atom. The van der Waals surface area contributed by atoms with Gasteiger partial charge in [-0.25, -0.2) is 9.97 Å². The number of nitrogens with one attached hydrogen (secondary N) is 1. The van der Waals surface area contributed by atoms with E-state index in [-0.39, 0.29) is 0 Å². The predicted octanol–water partition coefficient (Wildman–Crippen LogP) is 2.83. The Bertz CT molecular complexity index is 314.